The predicted molar refractivity (Wildman–Crippen MR) is 101 cm³/mol. The molecule has 1 aliphatic heterocycles. The van der Waals surface area contributed by atoms with Crippen LogP contribution in [-0.2, 0) is 20.4 Å². The molecule has 0 bridgehead atoms. The van der Waals surface area contributed by atoms with E-state index in [-0.39, 0.29) is 23.1 Å². The van der Waals surface area contributed by atoms with E-state index in [0.29, 0.717) is 22.7 Å². The van der Waals surface area contributed by atoms with Gasteiger partial charge in [0.05, 0.1) is 24.1 Å². The average Bonchev–Trinajstić information content (AvgIpc) is 3.17. The topological polar surface area (TPSA) is 185 Å². The highest BCUT2D eigenvalue weighted by molar-refractivity contribution is 7.96. The molecule has 6 N–H and O–H groups in total. The monoisotopic (exact) mass is 412 g/mol. The lowest BCUT2D eigenvalue weighted by molar-refractivity contribution is -0.312. The summed E-state index contributed by atoms with van der Waals surface area (Å²) in [5, 5.41) is 31.9. The highest BCUT2D eigenvalue weighted by atomic mass is 32.2. The van der Waals surface area contributed by atoms with Gasteiger partial charge in [-0.2, -0.15) is 0 Å². The third-order valence-corrected chi connectivity index (χ3v) is 6.68. The van der Waals surface area contributed by atoms with Crippen LogP contribution in [0.5, 0.6) is 0 Å². The van der Waals surface area contributed by atoms with Gasteiger partial charge >= 0.3 is 0 Å². The van der Waals surface area contributed by atoms with Crippen molar-refractivity contribution in [2.45, 2.75) is 43.4 Å². The fraction of sp³-hybridized carbons (Fsp3) is 0.625. The molecule has 28 heavy (non-hydrogen) atoms. The molecule has 1 fully saturated rings. The Kier molecular flexibility index (Phi) is 5.77. The minimum atomic E-state index is -1.41. The molecule has 0 radical (unpaired) electrons. The van der Waals surface area contributed by atoms with E-state index >= 15 is 0 Å². The van der Waals surface area contributed by atoms with E-state index in [9.17, 15) is 20.1 Å². The second-order valence-electron chi connectivity index (χ2n) is 7.24. The van der Waals surface area contributed by atoms with Crippen molar-refractivity contribution in [1.82, 2.24) is 19.5 Å². The number of anilines is 1. The molecule has 0 amide bonds. The maximum absolute atomic E-state index is 11.0. The molecule has 2 aromatic heterocycles. The summed E-state index contributed by atoms with van der Waals surface area (Å²) in [6, 6.07) is 0. The van der Waals surface area contributed by atoms with Crippen molar-refractivity contribution < 1.29 is 24.9 Å². The van der Waals surface area contributed by atoms with Crippen molar-refractivity contribution in [2.75, 3.05) is 23.5 Å². The number of nitrogen functional groups attached to an aromatic ring is 1. The number of imidazole rings is 1. The van der Waals surface area contributed by atoms with Crippen LogP contribution in [-0.4, -0.2) is 77.3 Å². The van der Waals surface area contributed by atoms with Crippen LogP contribution in [0.15, 0.2) is 12.7 Å². The van der Waals surface area contributed by atoms with Crippen LogP contribution >= 0.6 is 0 Å². The van der Waals surface area contributed by atoms with Crippen LogP contribution in [0.25, 0.3) is 11.2 Å². The van der Waals surface area contributed by atoms with Crippen LogP contribution in [0.2, 0.25) is 0 Å². The number of hydrogen-bond acceptors (Lipinski definition) is 10. The van der Waals surface area contributed by atoms with E-state index < -0.39 is 36.0 Å². The molecule has 1 aliphatic rings. The first-order valence-corrected chi connectivity index (χ1v) is 10.6. The molecule has 6 atom stereocenters. The number of nitrogens with two attached hydrogens (primary N) is 2. The standard InChI is InChI=1S/C16H24N6O5S/c1-16(18,15(25)26)3-4-28(2)5-8-10(23)11(24)14(27-8)22-7-21-9-12(17)19-6-20-13(9)22/h6-8,10-11,14,23-24H,3-5,18H2,1-2H3,(H2-,17,19,20,25,26)/t8-,10-,11-,14-,16?,28?/m1/s1. The fourth-order valence-corrected chi connectivity index (χ4v) is 4.78. The highest BCUT2D eigenvalue weighted by Crippen LogP contribution is 2.32. The van der Waals surface area contributed by atoms with Crippen LogP contribution in [0.4, 0.5) is 5.82 Å². The van der Waals surface area contributed by atoms with Gasteiger partial charge in [0.1, 0.15) is 41.7 Å². The molecule has 0 spiro atoms. The lowest BCUT2D eigenvalue weighted by Gasteiger charge is -2.25. The third kappa shape index (κ3) is 3.91. The van der Waals surface area contributed by atoms with Gasteiger partial charge in [-0.25, -0.2) is 15.0 Å². The number of hydrogen-bond donors (Lipinski definition) is 4. The second-order valence-corrected chi connectivity index (χ2v) is 9.54. The number of aromatic nitrogens is 4. The first-order chi connectivity index (χ1) is 13.1. The first-order valence-electron chi connectivity index (χ1n) is 8.66. The van der Waals surface area contributed by atoms with Crippen LogP contribution in [0.3, 0.4) is 0 Å². The zero-order chi connectivity index (χ0) is 20.6. The minimum Gasteiger partial charge on any atom is -0.548 e. The molecule has 0 saturated carbocycles. The predicted octanol–water partition coefficient (Wildman–Crippen LogP) is -2.87. The number of aliphatic hydroxyl groups is 2. The molecule has 1 saturated heterocycles. The summed E-state index contributed by atoms with van der Waals surface area (Å²) in [6.07, 6.45) is 1.10. The van der Waals surface area contributed by atoms with Gasteiger partial charge in [-0.15, -0.1) is 0 Å². The Morgan fingerprint density at radius 1 is 1.39 bits per heavy atom. The van der Waals surface area contributed by atoms with Gasteiger partial charge in [0, 0.05) is 6.42 Å². The Bertz CT molecular complexity index is 861. The summed E-state index contributed by atoms with van der Waals surface area (Å²) < 4.78 is 7.41. The van der Waals surface area contributed by atoms with Crippen molar-refractivity contribution in [2.24, 2.45) is 5.73 Å². The van der Waals surface area contributed by atoms with Gasteiger partial charge in [-0.3, -0.25) is 4.57 Å². The van der Waals surface area contributed by atoms with Gasteiger partial charge in [-0.05, 0) is 17.8 Å². The summed E-state index contributed by atoms with van der Waals surface area (Å²) in [4.78, 5) is 23.2. The molecule has 2 unspecified atom stereocenters. The minimum absolute atomic E-state index is 0.209. The summed E-state index contributed by atoms with van der Waals surface area (Å²) in [6.45, 7) is 1.41. The lowest BCUT2D eigenvalue weighted by atomic mass is 10.0. The number of carboxylic acid groups (broad SMARTS) is 1. The maximum Gasteiger partial charge on any atom is 0.167 e. The number of carboxylic acids is 1. The number of rotatable bonds is 7. The number of carbonyl (C=O) groups excluding carboxylic acids is 1. The summed E-state index contributed by atoms with van der Waals surface area (Å²) >= 11 is 0. The Morgan fingerprint density at radius 2 is 2.11 bits per heavy atom. The third-order valence-electron chi connectivity index (χ3n) is 4.88. The van der Waals surface area contributed by atoms with E-state index in [1.54, 1.807) is 0 Å². The van der Waals surface area contributed by atoms with Crippen LogP contribution in [0.1, 0.15) is 19.6 Å². The molecule has 0 aliphatic carbocycles. The summed E-state index contributed by atoms with van der Waals surface area (Å²) in [7, 11) is -0.289. The van der Waals surface area contributed by atoms with Crippen molar-refractivity contribution in [1.29, 1.82) is 0 Å². The number of carbonyl (C=O) groups is 1. The Labute approximate surface area is 164 Å². The Hall–Kier alpha value is -1.99. The Balaban J connectivity index is 1.68. The normalized spacial score (nSPS) is 28.3. The van der Waals surface area contributed by atoms with E-state index in [4.69, 9.17) is 16.2 Å². The molecular formula is C16H24N6O5S. The molecule has 12 heteroatoms. The van der Waals surface area contributed by atoms with Gasteiger partial charge in [0.2, 0.25) is 0 Å². The summed E-state index contributed by atoms with van der Waals surface area (Å²) in [5.74, 6) is -0.111. The molecule has 11 nitrogen and oxygen atoms in total. The highest BCUT2D eigenvalue weighted by Gasteiger charge is 2.46. The smallest absolute Gasteiger partial charge is 0.167 e. The SMILES string of the molecule is C[S+](CCC(C)(N)C(=O)[O-])C[C@H]1O[C@@H](n2cnc3c(N)ncnc32)[C@H](O)[C@@H]1O. The maximum atomic E-state index is 11.0. The number of aliphatic carboxylic acids is 1. The zero-order valence-corrected chi connectivity index (χ0v) is 16.4. The number of nitrogens with zero attached hydrogens (tertiary/aromatic N) is 4. The summed E-state index contributed by atoms with van der Waals surface area (Å²) in [5.41, 5.74) is 10.9. The van der Waals surface area contributed by atoms with E-state index in [0.717, 1.165) is 0 Å². The van der Waals surface area contributed by atoms with Crippen molar-refractivity contribution in [3.8, 4) is 0 Å². The Morgan fingerprint density at radius 3 is 2.79 bits per heavy atom. The largest absolute Gasteiger partial charge is 0.548 e. The van der Waals surface area contributed by atoms with Crippen molar-refractivity contribution >= 4 is 33.8 Å². The zero-order valence-electron chi connectivity index (χ0n) is 15.6. The molecule has 154 valence electrons. The molecule has 3 rings (SSSR count). The van der Waals surface area contributed by atoms with Crippen LogP contribution < -0.4 is 16.6 Å². The van der Waals surface area contributed by atoms with Gasteiger partial charge < -0.3 is 36.3 Å². The van der Waals surface area contributed by atoms with Gasteiger partial charge in [0.15, 0.2) is 17.7 Å². The number of ether oxygens (including phenoxy) is 1. The molecule has 2 aromatic rings. The first kappa shape index (κ1) is 20.7. The van der Waals surface area contributed by atoms with E-state index in [1.165, 1.54) is 24.1 Å². The average molecular weight is 412 g/mol. The lowest BCUT2D eigenvalue weighted by Crippen LogP contribution is -2.54. The van der Waals surface area contributed by atoms with Crippen LogP contribution in [0, 0.1) is 0 Å². The van der Waals surface area contributed by atoms with Crippen molar-refractivity contribution in [3.63, 3.8) is 0 Å². The number of aliphatic hydroxyl groups excluding tert-OH is 2. The second kappa shape index (κ2) is 7.79. The van der Waals surface area contributed by atoms with Crippen molar-refractivity contribution in [3.05, 3.63) is 12.7 Å². The quantitative estimate of drug-likeness (QED) is 0.344. The molecular weight excluding hydrogens is 388 g/mol. The van der Waals surface area contributed by atoms with Gasteiger partial charge in [-0.1, -0.05) is 0 Å². The molecule has 3 heterocycles. The van der Waals surface area contributed by atoms with E-state index in [2.05, 4.69) is 15.0 Å². The fourth-order valence-electron chi connectivity index (χ4n) is 3.00. The van der Waals surface area contributed by atoms with Gasteiger partial charge in [0.25, 0.3) is 0 Å². The van der Waals surface area contributed by atoms with E-state index in [1.807, 2.05) is 6.26 Å². The molecule has 0 aromatic carbocycles. The number of fused-ring (bicyclic) bond motifs is 1.